The van der Waals surface area contributed by atoms with Gasteiger partial charge in [-0.3, -0.25) is 0 Å². The molecule has 0 radical (unpaired) electrons. The number of aromatic nitrogens is 4. The number of fused-ring (bicyclic) bond motifs is 1. The Balaban J connectivity index is 2.33. The molecule has 0 aliphatic rings. The summed E-state index contributed by atoms with van der Waals surface area (Å²) < 4.78 is 1.83. The molecule has 96 valence electrons. The number of hydrogen-bond donors (Lipinski definition) is 0. The molecule has 0 spiro atoms. The minimum absolute atomic E-state index is 0.233. The molecular weight excluding hydrogens is 260 g/mol. The van der Waals surface area contributed by atoms with E-state index in [9.17, 15) is 0 Å². The van der Waals surface area contributed by atoms with Gasteiger partial charge in [0.2, 0.25) is 5.28 Å². The SMILES string of the molecule is Cc1cc(C)c(-n2ncc3cnc(Cl)nc32)c(C)c1. The molecule has 3 rings (SSSR count). The van der Waals surface area contributed by atoms with Gasteiger partial charge >= 0.3 is 0 Å². The van der Waals surface area contributed by atoms with Gasteiger partial charge in [-0.05, 0) is 43.5 Å². The maximum absolute atomic E-state index is 5.88. The first-order chi connectivity index (χ1) is 9.06. The van der Waals surface area contributed by atoms with Crippen LogP contribution >= 0.6 is 11.6 Å². The van der Waals surface area contributed by atoms with Crippen LogP contribution in [-0.2, 0) is 0 Å². The topological polar surface area (TPSA) is 43.6 Å². The quantitative estimate of drug-likeness (QED) is 0.638. The largest absolute Gasteiger partial charge is 0.226 e. The highest BCUT2D eigenvalue weighted by atomic mass is 35.5. The summed E-state index contributed by atoms with van der Waals surface area (Å²) >= 11 is 5.88. The molecule has 0 atom stereocenters. The molecule has 0 aliphatic carbocycles. The Morgan fingerprint density at radius 3 is 2.42 bits per heavy atom. The first-order valence-electron chi connectivity index (χ1n) is 6.01. The minimum atomic E-state index is 0.233. The molecule has 4 nitrogen and oxygen atoms in total. The minimum Gasteiger partial charge on any atom is -0.226 e. The summed E-state index contributed by atoms with van der Waals surface area (Å²) in [5, 5.41) is 5.53. The maximum atomic E-state index is 5.88. The fourth-order valence-electron chi connectivity index (χ4n) is 2.47. The van der Waals surface area contributed by atoms with Gasteiger partial charge in [-0.15, -0.1) is 0 Å². The Bertz CT molecular complexity index is 753. The van der Waals surface area contributed by atoms with Crippen molar-refractivity contribution in [1.29, 1.82) is 0 Å². The third-order valence-corrected chi connectivity index (χ3v) is 3.31. The van der Waals surface area contributed by atoms with Crippen LogP contribution < -0.4 is 0 Å². The van der Waals surface area contributed by atoms with E-state index in [1.807, 2.05) is 4.68 Å². The normalized spacial score (nSPS) is 11.2. The summed E-state index contributed by atoms with van der Waals surface area (Å²) in [7, 11) is 0. The molecule has 0 amide bonds. The average Bonchev–Trinajstić information content (AvgIpc) is 2.71. The lowest BCUT2D eigenvalue weighted by molar-refractivity contribution is 0.878. The maximum Gasteiger partial charge on any atom is 0.224 e. The van der Waals surface area contributed by atoms with E-state index >= 15 is 0 Å². The van der Waals surface area contributed by atoms with E-state index in [2.05, 4.69) is 48.0 Å². The molecule has 0 fully saturated rings. The molecule has 3 aromatic rings. The van der Waals surface area contributed by atoms with Crippen LogP contribution in [0.1, 0.15) is 16.7 Å². The summed E-state index contributed by atoms with van der Waals surface area (Å²) in [5.74, 6) is 0. The zero-order chi connectivity index (χ0) is 13.6. The molecule has 0 unspecified atom stereocenters. The number of halogens is 1. The molecule has 2 heterocycles. The van der Waals surface area contributed by atoms with Gasteiger partial charge in [-0.25, -0.2) is 9.67 Å². The van der Waals surface area contributed by atoms with Crippen molar-refractivity contribution in [2.45, 2.75) is 20.8 Å². The van der Waals surface area contributed by atoms with Crippen molar-refractivity contribution < 1.29 is 0 Å². The Morgan fingerprint density at radius 2 is 1.74 bits per heavy atom. The average molecular weight is 273 g/mol. The summed E-state index contributed by atoms with van der Waals surface area (Å²) in [6.45, 7) is 6.24. The van der Waals surface area contributed by atoms with Crippen LogP contribution in [0.4, 0.5) is 0 Å². The number of rotatable bonds is 1. The lowest BCUT2D eigenvalue weighted by Crippen LogP contribution is -2.03. The lowest BCUT2D eigenvalue weighted by Gasteiger charge is -2.11. The van der Waals surface area contributed by atoms with E-state index in [-0.39, 0.29) is 5.28 Å². The lowest BCUT2D eigenvalue weighted by atomic mass is 10.1. The fourth-order valence-corrected chi connectivity index (χ4v) is 2.60. The highest BCUT2D eigenvalue weighted by Crippen LogP contribution is 2.24. The van der Waals surface area contributed by atoms with Crippen molar-refractivity contribution in [2.24, 2.45) is 0 Å². The Morgan fingerprint density at radius 1 is 1.05 bits per heavy atom. The smallest absolute Gasteiger partial charge is 0.224 e. The predicted octanol–water partition coefficient (Wildman–Crippen LogP) is 3.39. The Labute approximate surface area is 116 Å². The summed E-state index contributed by atoms with van der Waals surface area (Å²) in [4.78, 5) is 8.25. The van der Waals surface area contributed by atoms with E-state index in [0.717, 1.165) is 27.8 Å². The highest BCUT2D eigenvalue weighted by molar-refractivity contribution is 6.28. The van der Waals surface area contributed by atoms with Crippen molar-refractivity contribution in [2.75, 3.05) is 0 Å². The van der Waals surface area contributed by atoms with Crippen LogP contribution in [0.15, 0.2) is 24.5 Å². The summed E-state index contributed by atoms with van der Waals surface area (Å²) in [6.07, 6.45) is 3.44. The molecule has 1 aromatic carbocycles. The number of aryl methyl sites for hydroxylation is 3. The van der Waals surface area contributed by atoms with Crippen LogP contribution in [0.5, 0.6) is 0 Å². The number of nitrogens with zero attached hydrogens (tertiary/aromatic N) is 4. The van der Waals surface area contributed by atoms with Gasteiger partial charge in [0.25, 0.3) is 0 Å². The van der Waals surface area contributed by atoms with Crippen LogP contribution in [0, 0.1) is 20.8 Å². The predicted molar refractivity (Wildman–Crippen MR) is 75.9 cm³/mol. The van der Waals surface area contributed by atoms with Gasteiger partial charge in [0.15, 0.2) is 5.65 Å². The second-order valence-electron chi connectivity index (χ2n) is 4.72. The third kappa shape index (κ3) is 1.98. The van der Waals surface area contributed by atoms with Crippen LogP contribution in [0.2, 0.25) is 5.28 Å². The molecule has 0 saturated carbocycles. The number of benzene rings is 1. The van der Waals surface area contributed by atoms with Crippen molar-refractivity contribution in [3.8, 4) is 5.69 Å². The van der Waals surface area contributed by atoms with Gasteiger partial charge in [-0.1, -0.05) is 17.7 Å². The highest BCUT2D eigenvalue weighted by Gasteiger charge is 2.12. The second-order valence-corrected chi connectivity index (χ2v) is 5.06. The zero-order valence-electron chi connectivity index (χ0n) is 11.0. The molecule has 5 heteroatoms. The summed E-state index contributed by atoms with van der Waals surface area (Å²) in [6, 6.07) is 4.28. The first kappa shape index (κ1) is 12.1. The van der Waals surface area contributed by atoms with Crippen LogP contribution in [0.25, 0.3) is 16.7 Å². The molecule has 19 heavy (non-hydrogen) atoms. The Hall–Kier alpha value is -1.94. The zero-order valence-corrected chi connectivity index (χ0v) is 11.7. The van der Waals surface area contributed by atoms with Crippen molar-refractivity contribution >= 4 is 22.6 Å². The fraction of sp³-hybridized carbons (Fsp3) is 0.214. The van der Waals surface area contributed by atoms with Crippen LogP contribution in [0.3, 0.4) is 0 Å². The summed E-state index contributed by atoms with van der Waals surface area (Å²) in [5.41, 5.74) is 5.35. The van der Waals surface area contributed by atoms with E-state index < -0.39 is 0 Å². The standard InChI is InChI=1S/C14H13ClN4/c1-8-4-9(2)12(10(3)5-8)19-13-11(7-17-19)6-16-14(15)18-13/h4-7H,1-3H3. The van der Waals surface area contributed by atoms with Gasteiger partial charge in [0, 0.05) is 6.20 Å². The third-order valence-electron chi connectivity index (χ3n) is 3.13. The van der Waals surface area contributed by atoms with Gasteiger partial charge in [0.05, 0.1) is 17.3 Å². The van der Waals surface area contributed by atoms with Crippen molar-refractivity contribution in [3.63, 3.8) is 0 Å². The molecule has 0 aliphatic heterocycles. The molecule has 0 saturated heterocycles. The van der Waals surface area contributed by atoms with Gasteiger partial charge in [-0.2, -0.15) is 10.1 Å². The molecule has 0 N–H and O–H groups in total. The second kappa shape index (κ2) is 4.31. The molecule has 0 bridgehead atoms. The Kier molecular flexibility index (Phi) is 2.75. The molecule has 2 aromatic heterocycles. The van der Waals surface area contributed by atoms with Crippen molar-refractivity contribution in [1.82, 2.24) is 19.7 Å². The van der Waals surface area contributed by atoms with Crippen molar-refractivity contribution in [3.05, 3.63) is 46.5 Å². The van der Waals surface area contributed by atoms with Crippen LogP contribution in [-0.4, -0.2) is 19.7 Å². The molecular formula is C14H13ClN4. The monoisotopic (exact) mass is 272 g/mol. The van der Waals surface area contributed by atoms with Gasteiger partial charge < -0.3 is 0 Å². The van der Waals surface area contributed by atoms with Gasteiger partial charge in [0.1, 0.15) is 0 Å². The number of hydrogen-bond acceptors (Lipinski definition) is 3. The van der Waals surface area contributed by atoms with E-state index in [0.29, 0.717) is 0 Å². The van der Waals surface area contributed by atoms with E-state index in [1.165, 1.54) is 5.56 Å². The van der Waals surface area contributed by atoms with E-state index in [4.69, 9.17) is 11.6 Å². The first-order valence-corrected chi connectivity index (χ1v) is 6.38. The van der Waals surface area contributed by atoms with E-state index in [1.54, 1.807) is 12.4 Å².